The summed E-state index contributed by atoms with van der Waals surface area (Å²) in [5.74, 6) is -0.885. The van der Waals surface area contributed by atoms with Gasteiger partial charge in [0.05, 0.1) is 0 Å². The van der Waals surface area contributed by atoms with E-state index in [1.807, 2.05) is 0 Å². The maximum Gasteiger partial charge on any atom is 0.306 e. The standard InChI is InChI=1S/C64H118O6/c1-4-7-10-13-16-19-22-24-26-28-29-30-31-32-33-34-35-36-37-39-40-42-45-48-51-54-57-63(66)69-60-61(59-68-62(65)56-53-50-47-44-21-18-15-12-9-6-3)70-64(67)58-55-52-49-46-43-41-38-27-25-23-20-17-14-11-8-5-2/h12,15,20,23,27,38,61H,4-11,13-14,16-19,21-22,24-26,28-37,39-60H2,1-3H3/b15-12-,23-20-,38-27-. The van der Waals surface area contributed by atoms with Gasteiger partial charge in [0, 0.05) is 19.3 Å². The molecule has 0 bridgehead atoms. The lowest BCUT2D eigenvalue weighted by Crippen LogP contribution is -2.30. The molecule has 0 aromatic heterocycles. The van der Waals surface area contributed by atoms with Crippen molar-refractivity contribution in [3.8, 4) is 0 Å². The fourth-order valence-corrected chi connectivity index (χ4v) is 9.18. The van der Waals surface area contributed by atoms with Crippen LogP contribution in [-0.2, 0) is 28.6 Å². The number of ether oxygens (including phenoxy) is 3. The molecule has 6 nitrogen and oxygen atoms in total. The molecule has 0 rings (SSSR count). The van der Waals surface area contributed by atoms with Crippen molar-refractivity contribution in [2.75, 3.05) is 13.2 Å². The van der Waals surface area contributed by atoms with Crippen LogP contribution in [0.2, 0.25) is 0 Å². The average molecular weight is 984 g/mol. The van der Waals surface area contributed by atoms with Gasteiger partial charge in [-0.15, -0.1) is 0 Å². The third-order valence-corrected chi connectivity index (χ3v) is 13.8. The molecule has 0 spiro atoms. The monoisotopic (exact) mass is 983 g/mol. The van der Waals surface area contributed by atoms with E-state index in [0.29, 0.717) is 19.3 Å². The fraction of sp³-hybridized carbons (Fsp3) is 0.859. The van der Waals surface area contributed by atoms with Crippen LogP contribution in [0.15, 0.2) is 36.5 Å². The van der Waals surface area contributed by atoms with Crippen molar-refractivity contribution >= 4 is 17.9 Å². The average Bonchev–Trinajstić information content (AvgIpc) is 3.36. The summed E-state index contributed by atoms with van der Waals surface area (Å²) >= 11 is 0. The summed E-state index contributed by atoms with van der Waals surface area (Å²) in [6, 6.07) is 0. The molecule has 0 aliphatic carbocycles. The number of allylic oxidation sites excluding steroid dienone is 6. The van der Waals surface area contributed by atoms with Gasteiger partial charge in [0.1, 0.15) is 13.2 Å². The van der Waals surface area contributed by atoms with Crippen LogP contribution in [0.4, 0.5) is 0 Å². The van der Waals surface area contributed by atoms with Gasteiger partial charge >= 0.3 is 17.9 Å². The number of carbonyl (C=O) groups is 3. The van der Waals surface area contributed by atoms with E-state index in [1.165, 1.54) is 199 Å². The van der Waals surface area contributed by atoms with Crippen molar-refractivity contribution in [3.63, 3.8) is 0 Å². The lowest BCUT2D eigenvalue weighted by atomic mass is 10.0. The first-order chi connectivity index (χ1) is 34.5. The zero-order chi connectivity index (χ0) is 50.7. The highest BCUT2D eigenvalue weighted by Crippen LogP contribution is 2.17. The smallest absolute Gasteiger partial charge is 0.306 e. The molecule has 0 heterocycles. The predicted octanol–water partition coefficient (Wildman–Crippen LogP) is 20.8. The van der Waals surface area contributed by atoms with Crippen LogP contribution in [0.25, 0.3) is 0 Å². The minimum atomic E-state index is -0.780. The molecule has 1 atom stereocenters. The summed E-state index contributed by atoms with van der Waals surface area (Å²) < 4.78 is 16.8. The molecule has 0 saturated carbocycles. The van der Waals surface area contributed by atoms with Gasteiger partial charge in [-0.05, 0) is 70.6 Å². The van der Waals surface area contributed by atoms with Crippen molar-refractivity contribution in [2.24, 2.45) is 0 Å². The number of carbonyl (C=O) groups excluding carboxylic acids is 3. The van der Waals surface area contributed by atoms with Crippen molar-refractivity contribution in [2.45, 2.75) is 341 Å². The van der Waals surface area contributed by atoms with E-state index in [9.17, 15) is 14.4 Å². The maximum absolute atomic E-state index is 12.8. The molecule has 0 aliphatic rings. The summed E-state index contributed by atoms with van der Waals surface area (Å²) in [5, 5.41) is 0. The Hall–Kier alpha value is -2.37. The molecule has 0 saturated heterocycles. The Balaban J connectivity index is 4.16. The number of hydrogen-bond acceptors (Lipinski definition) is 6. The first kappa shape index (κ1) is 67.6. The molecule has 70 heavy (non-hydrogen) atoms. The Kier molecular flexibility index (Phi) is 57.2. The van der Waals surface area contributed by atoms with Crippen LogP contribution in [0.5, 0.6) is 0 Å². The van der Waals surface area contributed by atoms with Gasteiger partial charge in [-0.25, -0.2) is 0 Å². The molecular weight excluding hydrogens is 865 g/mol. The Morgan fingerprint density at radius 3 is 0.871 bits per heavy atom. The Morgan fingerprint density at radius 1 is 0.286 bits per heavy atom. The van der Waals surface area contributed by atoms with Gasteiger partial charge in [-0.2, -0.15) is 0 Å². The van der Waals surface area contributed by atoms with Gasteiger partial charge < -0.3 is 14.2 Å². The van der Waals surface area contributed by atoms with Gasteiger partial charge in [0.15, 0.2) is 6.10 Å². The summed E-state index contributed by atoms with van der Waals surface area (Å²) in [7, 11) is 0. The molecular formula is C64H118O6. The zero-order valence-electron chi connectivity index (χ0n) is 47.1. The van der Waals surface area contributed by atoms with Gasteiger partial charge in [0.25, 0.3) is 0 Å². The maximum atomic E-state index is 12.8. The van der Waals surface area contributed by atoms with Crippen LogP contribution in [0.1, 0.15) is 335 Å². The van der Waals surface area contributed by atoms with Crippen LogP contribution < -0.4 is 0 Å². The molecule has 0 N–H and O–H groups in total. The van der Waals surface area contributed by atoms with Crippen molar-refractivity contribution in [3.05, 3.63) is 36.5 Å². The first-order valence-electron chi connectivity index (χ1n) is 31.0. The van der Waals surface area contributed by atoms with Crippen molar-refractivity contribution in [1.82, 2.24) is 0 Å². The van der Waals surface area contributed by atoms with E-state index in [4.69, 9.17) is 14.2 Å². The summed E-state index contributed by atoms with van der Waals surface area (Å²) in [6.45, 7) is 6.59. The third kappa shape index (κ3) is 56.5. The highest BCUT2D eigenvalue weighted by atomic mass is 16.6. The Bertz CT molecular complexity index is 1170. The summed E-state index contributed by atoms with van der Waals surface area (Å²) in [6.07, 6.45) is 71.7. The number of rotatable bonds is 57. The van der Waals surface area contributed by atoms with Gasteiger partial charge in [0.2, 0.25) is 0 Å². The number of hydrogen-bond donors (Lipinski definition) is 0. The molecule has 0 fully saturated rings. The van der Waals surface area contributed by atoms with Crippen LogP contribution >= 0.6 is 0 Å². The quantitative estimate of drug-likeness (QED) is 0.0261. The van der Waals surface area contributed by atoms with Crippen LogP contribution in [-0.4, -0.2) is 37.2 Å². The van der Waals surface area contributed by atoms with E-state index >= 15 is 0 Å². The van der Waals surface area contributed by atoms with E-state index in [1.54, 1.807) is 0 Å². The molecule has 0 aliphatic heterocycles. The lowest BCUT2D eigenvalue weighted by Gasteiger charge is -2.18. The molecule has 1 unspecified atom stereocenters. The third-order valence-electron chi connectivity index (χ3n) is 13.8. The largest absolute Gasteiger partial charge is 0.462 e. The molecule has 6 heteroatoms. The second kappa shape index (κ2) is 59.2. The number of esters is 3. The van der Waals surface area contributed by atoms with E-state index in [2.05, 4.69) is 57.2 Å². The van der Waals surface area contributed by atoms with E-state index < -0.39 is 6.10 Å². The minimum absolute atomic E-state index is 0.0771. The molecule has 0 radical (unpaired) electrons. The molecule has 0 aromatic rings. The van der Waals surface area contributed by atoms with Crippen LogP contribution in [0.3, 0.4) is 0 Å². The zero-order valence-corrected chi connectivity index (χ0v) is 47.1. The van der Waals surface area contributed by atoms with Gasteiger partial charge in [-0.3, -0.25) is 14.4 Å². The van der Waals surface area contributed by atoms with Crippen molar-refractivity contribution < 1.29 is 28.6 Å². The fourth-order valence-electron chi connectivity index (χ4n) is 9.18. The molecule has 0 aromatic carbocycles. The Morgan fingerprint density at radius 2 is 0.543 bits per heavy atom. The topological polar surface area (TPSA) is 78.9 Å². The second-order valence-corrected chi connectivity index (χ2v) is 21.0. The summed E-state index contributed by atoms with van der Waals surface area (Å²) in [4.78, 5) is 38.1. The first-order valence-corrected chi connectivity index (χ1v) is 31.0. The normalized spacial score (nSPS) is 12.2. The summed E-state index contributed by atoms with van der Waals surface area (Å²) in [5.41, 5.74) is 0. The number of unbranched alkanes of at least 4 members (excludes halogenated alkanes) is 40. The highest BCUT2D eigenvalue weighted by molar-refractivity contribution is 5.71. The highest BCUT2D eigenvalue weighted by Gasteiger charge is 2.19. The Labute approximate surface area is 435 Å². The van der Waals surface area contributed by atoms with E-state index in [0.717, 1.165) is 96.3 Å². The van der Waals surface area contributed by atoms with Crippen LogP contribution in [0, 0.1) is 0 Å². The molecule has 410 valence electrons. The lowest BCUT2D eigenvalue weighted by molar-refractivity contribution is -0.167. The predicted molar refractivity (Wildman–Crippen MR) is 302 cm³/mol. The second-order valence-electron chi connectivity index (χ2n) is 21.0. The van der Waals surface area contributed by atoms with Crippen molar-refractivity contribution in [1.29, 1.82) is 0 Å². The van der Waals surface area contributed by atoms with Gasteiger partial charge in [-0.1, -0.05) is 282 Å². The van der Waals surface area contributed by atoms with E-state index in [-0.39, 0.29) is 31.1 Å². The molecule has 0 amide bonds. The SMILES string of the molecule is CCC/C=C\CCCCCCCC(=O)OCC(COC(=O)CCCCCCCCCCCCCCCCCCCCCCCCCCCC)OC(=O)CCCCCCC/C=C\C/C=C\CCCCCC. The minimum Gasteiger partial charge on any atom is -0.462 e.